The van der Waals surface area contributed by atoms with Crippen LogP contribution in [-0.2, 0) is 10.8 Å². The smallest absolute Gasteiger partial charge is 0.137 e. The molecule has 0 saturated carbocycles. The van der Waals surface area contributed by atoms with Gasteiger partial charge in [-0.2, -0.15) is 0 Å². The minimum absolute atomic E-state index is 0.0962. The molecule has 10 heteroatoms. The minimum Gasteiger partial charge on any atom is -0.457 e. The van der Waals surface area contributed by atoms with Crippen LogP contribution >= 0.6 is 0 Å². The number of hydrogen-bond donors (Lipinski definition) is 0. The second-order valence-corrected chi connectivity index (χ2v) is 17.2. The Kier molecular flexibility index (Phi) is 8.68. The Morgan fingerprint density at radius 3 is 1.28 bits per heavy atom. The molecule has 60 heavy (non-hydrogen) atoms. The summed E-state index contributed by atoms with van der Waals surface area (Å²) in [5.41, 5.74) is 8.03. The molecule has 10 aromatic rings. The average Bonchev–Trinajstić information content (AvgIpc) is 4.07. The van der Waals surface area contributed by atoms with Crippen LogP contribution < -0.4 is 9.47 Å². The molecule has 0 aliphatic heterocycles. The molecule has 10 nitrogen and oxygen atoms in total. The minimum atomic E-state index is -0.0962. The lowest BCUT2D eigenvalue weighted by Gasteiger charge is -2.20. The summed E-state index contributed by atoms with van der Waals surface area (Å²) in [6, 6.07) is 37.2. The van der Waals surface area contributed by atoms with Crippen molar-refractivity contribution in [2.24, 2.45) is 0 Å². The van der Waals surface area contributed by atoms with E-state index in [0.29, 0.717) is 11.5 Å². The quantitative estimate of drug-likeness (QED) is 0.152. The number of benzene rings is 4. The van der Waals surface area contributed by atoms with Crippen LogP contribution in [0, 0.1) is 0 Å². The Hall–Kier alpha value is -7.46. The van der Waals surface area contributed by atoms with Crippen LogP contribution in [0.25, 0.3) is 55.8 Å². The molecule has 0 aliphatic rings. The summed E-state index contributed by atoms with van der Waals surface area (Å²) >= 11 is 0. The van der Waals surface area contributed by atoms with Crippen molar-refractivity contribution in [2.45, 2.75) is 52.4 Å². The summed E-state index contributed by atoms with van der Waals surface area (Å²) in [7, 11) is 0. The average molecular weight is 789 g/mol. The molecule has 0 fully saturated rings. The molecule has 0 amide bonds. The van der Waals surface area contributed by atoms with E-state index in [4.69, 9.17) is 19.4 Å². The molecule has 0 spiro atoms. The maximum absolute atomic E-state index is 6.62. The summed E-state index contributed by atoms with van der Waals surface area (Å²) < 4.78 is 21.7. The first-order valence-electron chi connectivity index (χ1n) is 20.1. The van der Waals surface area contributed by atoms with Gasteiger partial charge in [-0.1, -0.05) is 53.7 Å². The molecule has 296 valence electrons. The van der Waals surface area contributed by atoms with Gasteiger partial charge >= 0.3 is 0 Å². The highest BCUT2D eigenvalue weighted by Crippen LogP contribution is 2.44. The normalized spacial score (nSPS) is 12.2. The van der Waals surface area contributed by atoms with Gasteiger partial charge in [0.1, 0.15) is 34.6 Å². The first-order valence-corrected chi connectivity index (χ1v) is 20.1. The zero-order chi connectivity index (χ0) is 41.2. The van der Waals surface area contributed by atoms with Gasteiger partial charge < -0.3 is 18.6 Å². The van der Waals surface area contributed by atoms with Gasteiger partial charge in [0.05, 0.1) is 46.1 Å². The molecule has 0 bridgehead atoms. The standard InChI is InChI=1S/C50H44N8O2/c1-49(2,3)33-17-19-53-45(25-33)57-43-29-39(59-37-11-7-9-35(27-37)55-23-21-51-31-55)13-15-41(43)48-47(57)42-16-14-40(60-38-12-8-10-36(28-38)56-24-22-52-32-56)30-44(42)58(48)46-26-34(18-20-54-46)50(4,5)6/h7-32H,1-6H3. The van der Waals surface area contributed by atoms with E-state index < -0.39 is 0 Å². The van der Waals surface area contributed by atoms with Gasteiger partial charge in [-0.05, 0) is 94.8 Å². The van der Waals surface area contributed by atoms with Gasteiger partial charge in [-0.15, -0.1) is 0 Å². The Bertz CT molecular complexity index is 2960. The van der Waals surface area contributed by atoms with E-state index in [1.54, 1.807) is 25.0 Å². The molecule has 0 unspecified atom stereocenters. The topological polar surface area (TPSA) is 89.7 Å². The number of fused-ring (bicyclic) bond motifs is 5. The van der Waals surface area contributed by atoms with Gasteiger partial charge in [0.25, 0.3) is 0 Å². The molecule has 4 aromatic carbocycles. The van der Waals surface area contributed by atoms with Crippen molar-refractivity contribution >= 4 is 32.8 Å². The monoisotopic (exact) mass is 788 g/mol. The van der Waals surface area contributed by atoms with E-state index in [9.17, 15) is 0 Å². The first-order chi connectivity index (χ1) is 29.0. The van der Waals surface area contributed by atoms with Crippen LogP contribution in [0.2, 0.25) is 0 Å². The van der Waals surface area contributed by atoms with E-state index in [0.717, 1.165) is 67.3 Å². The third kappa shape index (κ3) is 6.65. The third-order valence-electron chi connectivity index (χ3n) is 11.0. The Balaban J connectivity index is 1.21. The molecule has 6 heterocycles. The fraction of sp³-hybridized carbons (Fsp3) is 0.160. The van der Waals surface area contributed by atoms with Crippen LogP contribution in [0.5, 0.6) is 23.0 Å². The lowest BCUT2D eigenvalue weighted by Crippen LogP contribution is -2.12. The number of hydrogen-bond acceptors (Lipinski definition) is 6. The van der Waals surface area contributed by atoms with Crippen LogP contribution in [-0.4, -0.2) is 38.2 Å². The van der Waals surface area contributed by atoms with E-state index in [1.165, 1.54) is 11.1 Å². The zero-order valence-electron chi connectivity index (χ0n) is 34.4. The van der Waals surface area contributed by atoms with Crippen molar-refractivity contribution in [1.82, 2.24) is 38.2 Å². The highest BCUT2D eigenvalue weighted by atomic mass is 16.5. The fourth-order valence-corrected chi connectivity index (χ4v) is 7.87. The second-order valence-electron chi connectivity index (χ2n) is 17.2. The Morgan fingerprint density at radius 2 is 0.883 bits per heavy atom. The van der Waals surface area contributed by atoms with Crippen molar-refractivity contribution in [3.8, 4) is 46.0 Å². The van der Waals surface area contributed by atoms with Crippen LogP contribution in [0.4, 0.5) is 0 Å². The van der Waals surface area contributed by atoms with Gasteiger partial charge in [-0.3, -0.25) is 9.13 Å². The van der Waals surface area contributed by atoms with Crippen LogP contribution in [0.15, 0.2) is 159 Å². The molecule has 0 aliphatic carbocycles. The molecular weight excluding hydrogens is 745 g/mol. The highest BCUT2D eigenvalue weighted by Gasteiger charge is 2.26. The Labute approximate surface area is 348 Å². The van der Waals surface area contributed by atoms with Gasteiger partial charge in [0.15, 0.2) is 0 Å². The number of rotatable bonds is 8. The molecule has 0 radical (unpaired) electrons. The Morgan fingerprint density at radius 1 is 0.450 bits per heavy atom. The van der Waals surface area contributed by atoms with Crippen molar-refractivity contribution < 1.29 is 9.47 Å². The number of ether oxygens (including phenoxy) is 2. The number of pyridine rings is 2. The van der Waals surface area contributed by atoms with Gasteiger partial charge in [0.2, 0.25) is 0 Å². The highest BCUT2D eigenvalue weighted by molar-refractivity contribution is 6.20. The zero-order valence-corrected chi connectivity index (χ0v) is 34.4. The number of imidazole rings is 2. The summed E-state index contributed by atoms with van der Waals surface area (Å²) in [5, 5.41) is 2.06. The SMILES string of the molecule is CC(C)(C)c1ccnc(-n2c3cc(Oc4cccc(-n5ccnc5)c4)ccc3c3c2c2ccc(Oc4cccc(-n5ccnc5)c4)cc2n3-c2cc(C(C)(C)C)ccn2)c1. The fourth-order valence-electron chi connectivity index (χ4n) is 7.87. The number of aromatic nitrogens is 8. The first kappa shape index (κ1) is 36.9. The lowest BCUT2D eigenvalue weighted by atomic mass is 9.88. The molecule has 10 rings (SSSR count). The summed E-state index contributed by atoms with van der Waals surface area (Å²) in [4.78, 5) is 18.5. The second kappa shape index (κ2) is 14.1. The van der Waals surface area contributed by atoms with E-state index in [1.807, 2.05) is 94.6 Å². The molecule has 6 aromatic heterocycles. The predicted molar refractivity (Wildman–Crippen MR) is 238 cm³/mol. The van der Waals surface area contributed by atoms with E-state index >= 15 is 0 Å². The van der Waals surface area contributed by atoms with Gasteiger partial charge in [-0.25, -0.2) is 19.9 Å². The largest absolute Gasteiger partial charge is 0.457 e. The van der Waals surface area contributed by atoms with Crippen LogP contribution in [0.3, 0.4) is 0 Å². The lowest BCUT2D eigenvalue weighted by molar-refractivity contribution is 0.483. The third-order valence-corrected chi connectivity index (χ3v) is 11.0. The van der Waals surface area contributed by atoms with Gasteiger partial charge in [0, 0.05) is 72.2 Å². The summed E-state index contributed by atoms with van der Waals surface area (Å²) in [6.45, 7) is 13.4. The summed E-state index contributed by atoms with van der Waals surface area (Å²) in [5.74, 6) is 4.48. The number of nitrogens with zero attached hydrogens (tertiary/aromatic N) is 8. The maximum atomic E-state index is 6.62. The maximum Gasteiger partial charge on any atom is 0.137 e. The van der Waals surface area contributed by atoms with E-state index in [-0.39, 0.29) is 10.8 Å². The molecule has 0 atom stereocenters. The summed E-state index contributed by atoms with van der Waals surface area (Å²) in [6.07, 6.45) is 14.8. The van der Waals surface area contributed by atoms with Crippen molar-refractivity contribution in [1.29, 1.82) is 0 Å². The molecular formula is C50H44N8O2. The van der Waals surface area contributed by atoms with Crippen molar-refractivity contribution in [2.75, 3.05) is 0 Å². The van der Waals surface area contributed by atoms with Crippen LogP contribution in [0.1, 0.15) is 52.7 Å². The van der Waals surface area contributed by atoms with Crippen molar-refractivity contribution in [3.63, 3.8) is 0 Å². The van der Waals surface area contributed by atoms with E-state index in [2.05, 4.69) is 109 Å². The molecule has 0 N–H and O–H groups in total. The predicted octanol–water partition coefficient (Wildman–Crippen LogP) is 12.1. The van der Waals surface area contributed by atoms with Crippen molar-refractivity contribution in [3.05, 3.63) is 170 Å². The molecule has 0 saturated heterocycles.